The van der Waals surface area contributed by atoms with Gasteiger partial charge >= 0.3 is 5.97 Å². The van der Waals surface area contributed by atoms with Gasteiger partial charge in [-0.3, -0.25) is 14.4 Å². The third kappa shape index (κ3) is 7.33. The maximum atomic E-state index is 13.9. The summed E-state index contributed by atoms with van der Waals surface area (Å²) in [7, 11) is 3.09. The lowest BCUT2D eigenvalue weighted by Crippen LogP contribution is -2.50. The number of carbonyl (C=O) groups excluding carboxylic acids is 2. The van der Waals surface area contributed by atoms with Crippen LogP contribution < -0.4 is 19.7 Å². The Balaban J connectivity index is 1.90. The largest absolute Gasteiger partial charge is 0.497 e. The second kappa shape index (κ2) is 12.9. The second-order valence-corrected chi connectivity index (χ2v) is 8.13. The van der Waals surface area contributed by atoms with E-state index >= 15 is 0 Å². The number of nitrogens with one attached hydrogen (secondary N) is 1. The molecule has 36 heavy (non-hydrogen) atoms. The van der Waals surface area contributed by atoms with Gasteiger partial charge in [0.05, 0.1) is 14.2 Å². The van der Waals surface area contributed by atoms with Crippen molar-refractivity contribution < 1.29 is 29.0 Å². The number of methoxy groups -OCH3 is 2. The van der Waals surface area contributed by atoms with Crippen LogP contribution in [0.2, 0.25) is 0 Å². The summed E-state index contributed by atoms with van der Waals surface area (Å²) in [6, 6.07) is 22.1. The van der Waals surface area contributed by atoms with Crippen LogP contribution in [-0.2, 0) is 16.0 Å². The smallest absolute Gasteiger partial charge is 0.303 e. The Kier molecular flexibility index (Phi) is 9.45. The molecule has 188 valence electrons. The summed E-state index contributed by atoms with van der Waals surface area (Å²) in [5.41, 5.74) is 1.86. The van der Waals surface area contributed by atoms with E-state index in [1.807, 2.05) is 30.3 Å². The molecule has 0 aliphatic heterocycles. The highest BCUT2D eigenvalue weighted by Crippen LogP contribution is 2.22. The maximum Gasteiger partial charge on any atom is 0.303 e. The number of carboxylic acids is 1. The molecule has 3 rings (SSSR count). The van der Waals surface area contributed by atoms with Gasteiger partial charge in [-0.15, -0.1) is 0 Å². The number of hydrogen-bond acceptors (Lipinski definition) is 5. The molecule has 1 unspecified atom stereocenters. The molecule has 0 radical (unpaired) electrons. The average Bonchev–Trinajstić information content (AvgIpc) is 2.91. The molecule has 0 aliphatic carbocycles. The first-order chi connectivity index (χ1) is 17.4. The number of rotatable bonds is 12. The summed E-state index contributed by atoms with van der Waals surface area (Å²) in [6.45, 7) is 0.182. The summed E-state index contributed by atoms with van der Waals surface area (Å²) >= 11 is 0. The lowest BCUT2D eigenvalue weighted by atomic mass is 10.0. The zero-order valence-corrected chi connectivity index (χ0v) is 20.3. The fourth-order valence-corrected chi connectivity index (χ4v) is 3.74. The van der Waals surface area contributed by atoms with E-state index in [9.17, 15) is 14.4 Å². The number of amides is 2. The molecule has 2 amide bonds. The highest BCUT2D eigenvalue weighted by Gasteiger charge is 2.28. The lowest BCUT2D eigenvalue weighted by molar-refractivity contribution is -0.137. The Morgan fingerprint density at radius 2 is 1.44 bits per heavy atom. The van der Waals surface area contributed by atoms with Crippen molar-refractivity contribution in [2.24, 2.45) is 0 Å². The molecule has 3 aromatic rings. The van der Waals surface area contributed by atoms with Crippen LogP contribution >= 0.6 is 0 Å². The number of anilines is 1. The van der Waals surface area contributed by atoms with Gasteiger partial charge in [0.1, 0.15) is 17.5 Å². The predicted octanol–water partition coefficient (Wildman–Crippen LogP) is 3.94. The first-order valence-electron chi connectivity index (χ1n) is 11.6. The van der Waals surface area contributed by atoms with E-state index in [-0.39, 0.29) is 31.7 Å². The predicted molar refractivity (Wildman–Crippen MR) is 137 cm³/mol. The summed E-state index contributed by atoms with van der Waals surface area (Å²) in [5.74, 6) is -0.424. The summed E-state index contributed by atoms with van der Waals surface area (Å²) in [6.07, 6.45) is 0.451. The minimum atomic E-state index is -0.939. The number of benzene rings is 3. The zero-order chi connectivity index (χ0) is 25.9. The lowest BCUT2D eigenvalue weighted by Gasteiger charge is -2.28. The fourth-order valence-electron chi connectivity index (χ4n) is 3.74. The summed E-state index contributed by atoms with van der Waals surface area (Å²) in [5, 5.41) is 12.0. The van der Waals surface area contributed by atoms with E-state index in [0.29, 0.717) is 22.7 Å². The van der Waals surface area contributed by atoms with Crippen molar-refractivity contribution in [2.45, 2.75) is 25.3 Å². The van der Waals surface area contributed by atoms with Gasteiger partial charge in [0.15, 0.2) is 0 Å². The number of hydrogen-bond donors (Lipinski definition) is 2. The fraction of sp³-hybridized carbons (Fsp3) is 0.250. The van der Waals surface area contributed by atoms with Crippen LogP contribution in [0.3, 0.4) is 0 Å². The highest BCUT2D eigenvalue weighted by atomic mass is 16.5. The van der Waals surface area contributed by atoms with Crippen LogP contribution in [0, 0.1) is 0 Å². The molecule has 8 nitrogen and oxygen atoms in total. The number of carbonyl (C=O) groups is 3. The van der Waals surface area contributed by atoms with Crippen molar-refractivity contribution in [3.05, 3.63) is 90.0 Å². The average molecular weight is 491 g/mol. The molecule has 8 heteroatoms. The number of carboxylic acid groups (broad SMARTS) is 1. The molecular weight excluding hydrogens is 460 g/mol. The van der Waals surface area contributed by atoms with Gasteiger partial charge in [-0.2, -0.15) is 0 Å². The van der Waals surface area contributed by atoms with Gasteiger partial charge in [0, 0.05) is 30.6 Å². The highest BCUT2D eigenvalue weighted by molar-refractivity contribution is 6.02. The molecule has 3 aromatic carbocycles. The minimum absolute atomic E-state index is 0.0819. The van der Waals surface area contributed by atoms with E-state index < -0.39 is 17.9 Å². The van der Waals surface area contributed by atoms with E-state index in [2.05, 4.69) is 5.32 Å². The van der Waals surface area contributed by atoms with E-state index in [1.165, 1.54) is 4.90 Å². The van der Waals surface area contributed by atoms with Gasteiger partial charge in [-0.05, 0) is 60.5 Å². The van der Waals surface area contributed by atoms with Gasteiger partial charge < -0.3 is 24.8 Å². The molecule has 2 N–H and O–H groups in total. The molecule has 0 saturated heterocycles. The number of nitrogens with zero attached hydrogens (tertiary/aromatic N) is 1. The van der Waals surface area contributed by atoms with Crippen molar-refractivity contribution in [3.8, 4) is 11.5 Å². The van der Waals surface area contributed by atoms with E-state index in [4.69, 9.17) is 14.6 Å². The monoisotopic (exact) mass is 490 g/mol. The van der Waals surface area contributed by atoms with E-state index in [0.717, 1.165) is 5.56 Å². The molecule has 0 saturated carbocycles. The maximum absolute atomic E-state index is 13.9. The molecule has 0 fully saturated rings. The SMILES string of the molecule is COc1ccc(C(=O)NC(Cc2ccccc2)C(=O)N(CCCC(=O)O)c2ccc(OC)cc2)cc1. The number of ether oxygens (including phenoxy) is 2. The van der Waals surface area contributed by atoms with Crippen LogP contribution in [0.1, 0.15) is 28.8 Å². The molecule has 1 atom stereocenters. The number of aliphatic carboxylic acids is 1. The van der Waals surface area contributed by atoms with Crippen molar-refractivity contribution in [2.75, 3.05) is 25.7 Å². The molecule has 0 aromatic heterocycles. The normalized spacial score (nSPS) is 11.3. The quantitative estimate of drug-likeness (QED) is 0.398. The third-order valence-corrected chi connectivity index (χ3v) is 5.66. The van der Waals surface area contributed by atoms with Crippen LogP contribution in [-0.4, -0.2) is 49.7 Å². The molecular formula is C28H30N2O6. The van der Waals surface area contributed by atoms with Crippen molar-refractivity contribution in [1.29, 1.82) is 0 Å². The Bertz CT molecular complexity index is 1150. The van der Waals surface area contributed by atoms with Gasteiger partial charge in [-0.25, -0.2) is 0 Å². The Labute approximate surface area is 210 Å². The van der Waals surface area contributed by atoms with Gasteiger partial charge in [0.2, 0.25) is 5.91 Å². The summed E-state index contributed by atoms with van der Waals surface area (Å²) in [4.78, 5) is 39.6. The van der Waals surface area contributed by atoms with E-state index in [1.54, 1.807) is 62.8 Å². The zero-order valence-electron chi connectivity index (χ0n) is 20.3. The van der Waals surface area contributed by atoms with Gasteiger partial charge in [-0.1, -0.05) is 30.3 Å². The molecule has 0 bridgehead atoms. The molecule has 0 aliphatic rings. The minimum Gasteiger partial charge on any atom is -0.497 e. The van der Waals surface area contributed by atoms with Crippen LogP contribution in [0.5, 0.6) is 11.5 Å². The Morgan fingerprint density at radius 1 is 0.861 bits per heavy atom. The standard InChI is InChI=1S/C28H30N2O6/c1-35-23-14-10-21(11-15-23)27(33)29-25(19-20-7-4-3-5-8-20)28(34)30(18-6-9-26(31)32)22-12-16-24(36-2)17-13-22/h3-5,7-8,10-17,25H,6,9,18-19H2,1-2H3,(H,29,33)(H,31,32). The van der Waals surface area contributed by atoms with Crippen LogP contribution in [0.4, 0.5) is 5.69 Å². The van der Waals surface area contributed by atoms with Crippen molar-refractivity contribution in [1.82, 2.24) is 5.32 Å². The topological polar surface area (TPSA) is 105 Å². The first kappa shape index (κ1) is 26.3. The molecule has 0 heterocycles. The summed E-state index contributed by atoms with van der Waals surface area (Å²) < 4.78 is 10.4. The van der Waals surface area contributed by atoms with Crippen LogP contribution in [0.25, 0.3) is 0 Å². The molecule has 0 spiro atoms. The Morgan fingerprint density at radius 3 is 2.00 bits per heavy atom. The van der Waals surface area contributed by atoms with Crippen molar-refractivity contribution >= 4 is 23.5 Å². The Hall–Kier alpha value is -4.33. The van der Waals surface area contributed by atoms with Gasteiger partial charge in [0.25, 0.3) is 5.91 Å². The van der Waals surface area contributed by atoms with Crippen molar-refractivity contribution in [3.63, 3.8) is 0 Å². The third-order valence-electron chi connectivity index (χ3n) is 5.66. The second-order valence-electron chi connectivity index (χ2n) is 8.13. The first-order valence-corrected chi connectivity index (χ1v) is 11.6. The van der Waals surface area contributed by atoms with Crippen LogP contribution in [0.15, 0.2) is 78.9 Å².